The number of hydrogen-bond donors (Lipinski definition) is 0. The van der Waals surface area contributed by atoms with Gasteiger partial charge in [0.05, 0.1) is 4.90 Å². The van der Waals surface area contributed by atoms with E-state index in [0.717, 1.165) is 5.56 Å². The molecule has 7 nitrogen and oxygen atoms in total. The lowest BCUT2D eigenvalue weighted by atomic mass is 10.2. The first-order valence-corrected chi connectivity index (χ1v) is 11.8. The van der Waals surface area contributed by atoms with E-state index in [1.807, 2.05) is 18.4 Å². The van der Waals surface area contributed by atoms with Crippen molar-refractivity contribution in [2.24, 2.45) is 0 Å². The van der Waals surface area contributed by atoms with Crippen LogP contribution in [0.2, 0.25) is 0 Å². The van der Waals surface area contributed by atoms with E-state index in [1.54, 1.807) is 67.4 Å². The number of amides is 1. The van der Waals surface area contributed by atoms with Crippen molar-refractivity contribution < 1.29 is 13.2 Å². The lowest BCUT2D eigenvalue weighted by molar-refractivity contribution is 0.0769. The van der Waals surface area contributed by atoms with Crippen LogP contribution in [0.5, 0.6) is 0 Å². The van der Waals surface area contributed by atoms with Gasteiger partial charge in [-0.2, -0.15) is 4.31 Å². The van der Waals surface area contributed by atoms with E-state index in [4.69, 9.17) is 0 Å². The molecule has 0 radical (unpaired) electrons. The molecule has 0 saturated heterocycles. The molecule has 0 saturated carbocycles. The van der Waals surface area contributed by atoms with Gasteiger partial charge >= 0.3 is 0 Å². The van der Waals surface area contributed by atoms with Gasteiger partial charge in [-0.1, -0.05) is 41.7 Å². The second-order valence-electron chi connectivity index (χ2n) is 6.92. The number of hydrogen-bond acceptors (Lipinski definition) is 6. The Labute approximate surface area is 181 Å². The summed E-state index contributed by atoms with van der Waals surface area (Å²) in [5, 5.41) is 5.81. The van der Waals surface area contributed by atoms with Gasteiger partial charge in [0.2, 0.25) is 10.0 Å². The fourth-order valence-electron chi connectivity index (χ4n) is 3.31. The van der Waals surface area contributed by atoms with Gasteiger partial charge in [-0.05, 0) is 42.7 Å². The standard InChI is InChI=1S/C21H24N4O3S2/c1-4-25(16(2)14-24(3)21(26)18-8-6-5-7-9-18)30(27,28)19-12-10-17(11-13-19)20-15-29-23-22-20/h5-13,15-16H,4,14H2,1-3H3/t16-/m1/s1. The van der Waals surface area contributed by atoms with Gasteiger partial charge in [-0.25, -0.2) is 8.42 Å². The van der Waals surface area contributed by atoms with Crippen LogP contribution in [0.25, 0.3) is 11.3 Å². The number of carbonyl (C=O) groups excluding carboxylic acids is 1. The van der Waals surface area contributed by atoms with Gasteiger partial charge in [0.1, 0.15) is 5.69 Å². The van der Waals surface area contributed by atoms with Crippen molar-refractivity contribution in [3.63, 3.8) is 0 Å². The van der Waals surface area contributed by atoms with Crippen LogP contribution in [0.3, 0.4) is 0 Å². The van der Waals surface area contributed by atoms with Gasteiger partial charge < -0.3 is 4.90 Å². The van der Waals surface area contributed by atoms with Crippen LogP contribution in [-0.4, -0.2) is 59.3 Å². The first-order valence-electron chi connectivity index (χ1n) is 9.54. The third-order valence-corrected chi connectivity index (χ3v) is 7.43. The van der Waals surface area contributed by atoms with Crippen LogP contribution in [0.4, 0.5) is 0 Å². The third kappa shape index (κ3) is 4.75. The van der Waals surface area contributed by atoms with Gasteiger partial charge in [0.25, 0.3) is 5.91 Å². The Morgan fingerprint density at radius 3 is 2.33 bits per heavy atom. The predicted molar refractivity (Wildman–Crippen MR) is 118 cm³/mol. The lowest BCUT2D eigenvalue weighted by Gasteiger charge is -2.30. The Bertz CT molecular complexity index is 1070. The van der Waals surface area contributed by atoms with Gasteiger partial charge in [-0.3, -0.25) is 4.79 Å². The van der Waals surface area contributed by atoms with E-state index in [9.17, 15) is 13.2 Å². The smallest absolute Gasteiger partial charge is 0.253 e. The second kappa shape index (κ2) is 9.46. The zero-order valence-corrected chi connectivity index (χ0v) is 18.7. The molecular formula is C21H24N4O3S2. The predicted octanol–water partition coefficient (Wildman–Crippen LogP) is 3.38. The minimum atomic E-state index is -3.71. The minimum Gasteiger partial charge on any atom is -0.340 e. The molecule has 0 aliphatic heterocycles. The zero-order chi connectivity index (χ0) is 21.7. The maximum absolute atomic E-state index is 13.2. The monoisotopic (exact) mass is 444 g/mol. The molecule has 3 aromatic rings. The maximum Gasteiger partial charge on any atom is 0.253 e. The highest BCUT2D eigenvalue weighted by molar-refractivity contribution is 7.89. The summed E-state index contributed by atoms with van der Waals surface area (Å²) in [5.74, 6) is -0.142. The summed E-state index contributed by atoms with van der Waals surface area (Å²) in [6.45, 7) is 4.19. The van der Waals surface area contributed by atoms with E-state index in [0.29, 0.717) is 17.8 Å². The van der Waals surface area contributed by atoms with E-state index in [2.05, 4.69) is 9.59 Å². The fraction of sp³-hybridized carbons (Fsp3) is 0.286. The summed E-state index contributed by atoms with van der Waals surface area (Å²) in [5.41, 5.74) is 2.10. The first-order chi connectivity index (χ1) is 14.3. The molecule has 1 amide bonds. The number of aromatic nitrogens is 2. The number of sulfonamides is 1. The highest BCUT2D eigenvalue weighted by Gasteiger charge is 2.29. The van der Waals surface area contributed by atoms with Crippen molar-refractivity contribution in [3.05, 3.63) is 65.5 Å². The van der Waals surface area contributed by atoms with Gasteiger partial charge in [-0.15, -0.1) is 5.10 Å². The molecule has 0 aliphatic carbocycles. The van der Waals surface area contributed by atoms with E-state index in [1.165, 1.54) is 15.8 Å². The highest BCUT2D eigenvalue weighted by atomic mass is 32.2. The van der Waals surface area contributed by atoms with Crippen LogP contribution in [0.1, 0.15) is 24.2 Å². The Kier molecular flexibility index (Phi) is 6.96. The number of nitrogens with zero attached hydrogens (tertiary/aromatic N) is 4. The van der Waals surface area contributed by atoms with Crippen molar-refractivity contribution in [2.75, 3.05) is 20.1 Å². The molecule has 3 rings (SSSR count). The average molecular weight is 445 g/mol. The molecule has 1 atom stereocenters. The minimum absolute atomic E-state index is 0.142. The maximum atomic E-state index is 13.2. The summed E-state index contributed by atoms with van der Waals surface area (Å²) < 4.78 is 31.7. The van der Waals surface area contributed by atoms with E-state index < -0.39 is 10.0 Å². The van der Waals surface area contributed by atoms with Crippen molar-refractivity contribution in [2.45, 2.75) is 24.8 Å². The van der Waals surface area contributed by atoms with Crippen LogP contribution in [-0.2, 0) is 10.0 Å². The summed E-state index contributed by atoms with van der Waals surface area (Å²) in [6, 6.07) is 15.2. The number of benzene rings is 2. The van der Waals surface area contributed by atoms with Crippen LogP contribution in [0.15, 0.2) is 64.9 Å². The third-order valence-electron chi connectivity index (χ3n) is 4.83. The Balaban J connectivity index is 1.75. The SMILES string of the molecule is CCN([C@H](C)CN(C)C(=O)c1ccccc1)S(=O)(=O)c1ccc(-c2csnn2)cc1. The Hall–Kier alpha value is -2.62. The zero-order valence-electron chi connectivity index (χ0n) is 17.1. The number of rotatable bonds is 8. The first kappa shape index (κ1) is 22.1. The van der Waals surface area contributed by atoms with Gasteiger partial charge in [0, 0.05) is 42.7 Å². The quantitative estimate of drug-likeness (QED) is 0.532. The van der Waals surface area contributed by atoms with Crippen molar-refractivity contribution >= 4 is 27.5 Å². The molecule has 0 fully saturated rings. The summed E-state index contributed by atoms with van der Waals surface area (Å²) in [4.78, 5) is 14.4. The topological polar surface area (TPSA) is 83.5 Å². The van der Waals surface area contributed by atoms with Crippen LogP contribution >= 0.6 is 11.5 Å². The van der Waals surface area contributed by atoms with Crippen molar-refractivity contribution in [1.82, 2.24) is 18.8 Å². The Morgan fingerprint density at radius 2 is 1.77 bits per heavy atom. The Morgan fingerprint density at radius 1 is 1.10 bits per heavy atom. The largest absolute Gasteiger partial charge is 0.340 e. The molecule has 30 heavy (non-hydrogen) atoms. The summed E-state index contributed by atoms with van der Waals surface area (Å²) in [7, 11) is -2.03. The lowest BCUT2D eigenvalue weighted by Crippen LogP contribution is -2.45. The fourth-order valence-corrected chi connectivity index (χ4v) is 5.41. The molecular weight excluding hydrogens is 420 g/mol. The van der Waals surface area contributed by atoms with Crippen LogP contribution < -0.4 is 0 Å². The highest BCUT2D eigenvalue weighted by Crippen LogP contribution is 2.23. The van der Waals surface area contributed by atoms with Crippen molar-refractivity contribution in [3.8, 4) is 11.3 Å². The molecule has 1 aromatic heterocycles. The molecule has 0 spiro atoms. The van der Waals surface area contributed by atoms with Gasteiger partial charge in [0.15, 0.2) is 0 Å². The summed E-state index contributed by atoms with van der Waals surface area (Å²) in [6.07, 6.45) is 0. The molecule has 0 bridgehead atoms. The van der Waals surface area contributed by atoms with Crippen LogP contribution in [0, 0.1) is 0 Å². The molecule has 2 aromatic carbocycles. The normalized spacial score (nSPS) is 12.7. The molecule has 0 aliphatic rings. The molecule has 158 valence electrons. The number of likely N-dealkylation sites (N-methyl/N-ethyl adjacent to an activating group) is 2. The second-order valence-corrected chi connectivity index (χ2v) is 9.42. The molecule has 1 heterocycles. The molecule has 0 unspecified atom stereocenters. The van der Waals surface area contributed by atoms with E-state index >= 15 is 0 Å². The number of carbonyl (C=O) groups is 1. The molecule has 0 N–H and O–H groups in total. The van der Waals surface area contributed by atoms with Crippen molar-refractivity contribution in [1.29, 1.82) is 0 Å². The van der Waals surface area contributed by atoms with E-state index in [-0.39, 0.29) is 23.4 Å². The molecule has 9 heteroatoms. The average Bonchev–Trinajstić information content (AvgIpc) is 3.29. The summed E-state index contributed by atoms with van der Waals surface area (Å²) >= 11 is 1.24.